The second kappa shape index (κ2) is 20.0. The molecule has 10 rings (SSSR count). The molecule has 2 amide bonds. The van der Waals surface area contributed by atoms with Crippen LogP contribution < -0.4 is 15.4 Å². The number of nitrogens with one attached hydrogen (secondary N) is 2. The fourth-order valence-electron chi connectivity index (χ4n) is 10.2. The summed E-state index contributed by atoms with van der Waals surface area (Å²) < 4.78 is 12.3. The van der Waals surface area contributed by atoms with E-state index < -0.39 is 24.2 Å². The van der Waals surface area contributed by atoms with E-state index in [2.05, 4.69) is 82.0 Å². The van der Waals surface area contributed by atoms with Gasteiger partial charge in [0.05, 0.1) is 30.5 Å². The smallest absolute Gasteiger partial charge is 0.248 e. The Morgan fingerprint density at radius 3 is 2.43 bits per heavy atom. The monoisotopic (exact) mass is 1010 g/mol. The number of nitrogens with zero attached hydrogens (tertiary/aromatic N) is 9. The molecular formula is C55H60ClN11O4S. The lowest BCUT2D eigenvalue weighted by Gasteiger charge is -2.36. The molecule has 0 spiro atoms. The Bertz CT molecular complexity index is 3180. The highest BCUT2D eigenvalue weighted by molar-refractivity contribution is 7.15. The topological polar surface area (TPSA) is 170 Å². The van der Waals surface area contributed by atoms with E-state index in [1.54, 1.807) is 33.3 Å². The fraction of sp³-hybridized carbons (Fsp3) is 0.364. The number of likely N-dealkylation sites (tertiary alicyclic amines) is 1. The highest BCUT2D eigenvalue weighted by Gasteiger charge is 2.41. The number of aliphatic hydroxyl groups excluding tert-OH is 1. The molecule has 15 nitrogen and oxygen atoms in total. The average molecular weight is 1010 g/mol. The minimum atomic E-state index is -0.676. The molecule has 3 aromatic carbocycles. The molecule has 0 unspecified atom stereocenters. The van der Waals surface area contributed by atoms with Gasteiger partial charge in [-0.1, -0.05) is 68.4 Å². The molecule has 0 bridgehead atoms. The molecule has 1 saturated heterocycles. The van der Waals surface area contributed by atoms with Crippen molar-refractivity contribution in [3.8, 4) is 27.6 Å². The third kappa shape index (κ3) is 9.62. The normalized spacial score (nSPS) is 20.2. The number of thiophene rings is 1. The molecular weight excluding hydrogens is 946 g/mol. The van der Waals surface area contributed by atoms with Crippen LogP contribution in [0.1, 0.15) is 109 Å². The van der Waals surface area contributed by atoms with E-state index in [0.717, 1.165) is 61.4 Å². The lowest BCUT2D eigenvalue weighted by Crippen LogP contribution is -2.49. The van der Waals surface area contributed by atoms with E-state index in [0.29, 0.717) is 41.6 Å². The Morgan fingerprint density at radius 1 is 0.944 bits per heavy atom. The van der Waals surface area contributed by atoms with Gasteiger partial charge < -0.3 is 29.9 Å². The number of fused-ring (bicyclic) bond motifs is 3. The van der Waals surface area contributed by atoms with Gasteiger partial charge in [0, 0.05) is 94.5 Å². The Kier molecular flexibility index (Phi) is 13.5. The predicted octanol–water partition coefficient (Wildman–Crippen LogP) is 9.30. The number of ether oxygens (including phenoxy) is 1. The van der Waals surface area contributed by atoms with Crippen molar-refractivity contribution in [1.29, 1.82) is 0 Å². The van der Waals surface area contributed by atoms with Crippen molar-refractivity contribution in [2.24, 2.45) is 10.9 Å². The van der Waals surface area contributed by atoms with Crippen LogP contribution in [0.2, 0.25) is 5.02 Å². The van der Waals surface area contributed by atoms with Crippen LogP contribution in [0.25, 0.3) is 21.8 Å². The zero-order valence-corrected chi connectivity index (χ0v) is 43.2. The van der Waals surface area contributed by atoms with Crippen LogP contribution in [-0.4, -0.2) is 92.5 Å². The van der Waals surface area contributed by atoms with Crippen molar-refractivity contribution in [2.75, 3.05) is 6.54 Å². The Hall–Kier alpha value is -6.88. The van der Waals surface area contributed by atoms with Gasteiger partial charge in [0.2, 0.25) is 11.8 Å². The summed E-state index contributed by atoms with van der Waals surface area (Å²) >= 11 is 7.97. The number of amides is 2. The number of carbonyl (C=O) groups is 2. The first kappa shape index (κ1) is 48.7. The summed E-state index contributed by atoms with van der Waals surface area (Å²) in [5.74, 6) is 2.68. The number of halogens is 1. The molecule has 0 radical (unpaired) electrons. The molecule has 3 N–H and O–H groups in total. The number of rotatable bonds is 15. The highest BCUT2D eigenvalue weighted by Crippen LogP contribution is 2.40. The van der Waals surface area contributed by atoms with E-state index in [4.69, 9.17) is 26.4 Å². The van der Waals surface area contributed by atoms with Crippen LogP contribution in [0.15, 0.2) is 115 Å². The SMILES string of the molecule is C=C(N[C@@H](C)c1ccc(-n2ccnc2C)cc1)[C@@H]1C[C@@H](O)CN1C(=O)[C@H](C(C)C)n1cc(-c2cccc(OC3CC(NC(=O)C[C@@H]4N=C(c5ccc(Cl)cc5)c5c(sc(C)c5C)-n5c(C)nnc54)C3)c2)cn1. The lowest BCUT2D eigenvalue weighted by molar-refractivity contribution is -0.137. The molecule has 372 valence electrons. The first-order valence-electron chi connectivity index (χ1n) is 24.6. The van der Waals surface area contributed by atoms with E-state index in [-0.39, 0.29) is 48.9 Å². The van der Waals surface area contributed by atoms with Gasteiger partial charge in [-0.15, -0.1) is 21.5 Å². The molecule has 6 heterocycles. The Balaban J connectivity index is 0.762. The van der Waals surface area contributed by atoms with E-state index in [1.807, 2.05) is 93.2 Å². The van der Waals surface area contributed by atoms with Crippen LogP contribution in [0.5, 0.6) is 5.75 Å². The maximum Gasteiger partial charge on any atom is 0.248 e. The number of hydrogen-bond acceptors (Lipinski definition) is 11. The molecule has 3 aliphatic rings. The summed E-state index contributed by atoms with van der Waals surface area (Å²) in [5, 5.41) is 33.0. The minimum absolute atomic E-state index is 0.0470. The van der Waals surface area contributed by atoms with E-state index >= 15 is 0 Å². The number of benzene rings is 3. The molecule has 2 aliphatic heterocycles. The molecule has 7 aromatic rings. The summed E-state index contributed by atoms with van der Waals surface area (Å²) in [6.45, 7) is 18.8. The lowest BCUT2D eigenvalue weighted by atomic mass is 9.89. The van der Waals surface area contributed by atoms with Crippen molar-refractivity contribution >= 4 is 40.5 Å². The number of aryl methyl sites for hydroxylation is 3. The predicted molar refractivity (Wildman–Crippen MR) is 280 cm³/mol. The third-order valence-corrected chi connectivity index (χ3v) is 15.7. The van der Waals surface area contributed by atoms with Gasteiger partial charge in [0.25, 0.3) is 0 Å². The van der Waals surface area contributed by atoms with Crippen LogP contribution in [0.4, 0.5) is 0 Å². The number of aliphatic hydroxyl groups is 1. The van der Waals surface area contributed by atoms with Crippen LogP contribution in [-0.2, 0) is 9.59 Å². The van der Waals surface area contributed by atoms with E-state index in [9.17, 15) is 14.7 Å². The van der Waals surface area contributed by atoms with Gasteiger partial charge in [-0.05, 0) is 93.6 Å². The quantitative estimate of drug-likeness (QED) is 0.0907. The summed E-state index contributed by atoms with van der Waals surface area (Å²) in [6, 6.07) is 22.1. The first-order chi connectivity index (χ1) is 34.6. The molecule has 1 aliphatic carbocycles. The van der Waals surface area contributed by atoms with Crippen molar-refractivity contribution in [1.82, 2.24) is 49.6 Å². The maximum atomic E-state index is 14.5. The zero-order chi connectivity index (χ0) is 50.5. The van der Waals surface area contributed by atoms with Crippen molar-refractivity contribution in [2.45, 2.75) is 117 Å². The standard InChI is InChI=1S/C55H60ClN11O4S/c1-30(2)52(54(70)65-29-44(68)25-48(65)33(5)59-32(4)37-14-18-43(19-15-37)64-21-20-57-35(64)7)66-28-40(27-58-66)39-10-9-11-45(22-39)71-46-23-42(24-46)60-49(69)26-47-53-63-62-36(8)67(53)55-50(31(3)34(6)72-55)51(61-47)38-12-16-41(56)17-13-38/h9-22,27-28,30,32,42,44,46-48,52,59,68H,5,23-26,29H2,1-4,6-8H3,(H,60,69)/t32-,42?,44+,46?,47-,48-,52-/m0/s1. The second-order valence-corrected chi connectivity index (χ2v) is 21.4. The molecule has 4 aromatic heterocycles. The largest absolute Gasteiger partial charge is 0.490 e. The molecule has 17 heteroatoms. The number of aromatic nitrogens is 7. The first-order valence-corrected chi connectivity index (χ1v) is 25.8. The fourth-order valence-corrected chi connectivity index (χ4v) is 11.6. The molecule has 5 atom stereocenters. The number of imidazole rings is 1. The summed E-state index contributed by atoms with van der Waals surface area (Å²) in [7, 11) is 0. The van der Waals surface area contributed by atoms with Gasteiger partial charge in [-0.2, -0.15) is 5.10 Å². The third-order valence-electron chi connectivity index (χ3n) is 14.3. The average Bonchev–Trinajstić information content (AvgIpc) is 4.19. The van der Waals surface area contributed by atoms with Gasteiger partial charge >= 0.3 is 0 Å². The van der Waals surface area contributed by atoms with Crippen molar-refractivity contribution < 1.29 is 19.4 Å². The molecule has 72 heavy (non-hydrogen) atoms. The van der Waals surface area contributed by atoms with Crippen molar-refractivity contribution in [3.05, 3.63) is 159 Å². The minimum Gasteiger partial charge on any atom is -0.490 e. The summed E-state index contributed by atoms with van der Waals surface area (Å²) in [5.41, 5.74) is 8.41. The summed E-state index contributed by atoms with van der Waals surface area (Å²) in [4.78, 5) is 40.9. The Labute approximate surface area is 428 Å². The Morgan fingerprint density at radius 2 is 1.71 bits per heavy atom. The number of carbonyl (C=O) groups excluding carboxylic acids is 2. The van der Waals surface area contributed by atoms with Crippen LogP contribution >= 0.6 is 22.9 Å². The van der Waals surface area contributed by atoms with E-state index in [1.165, 1.54) is 4.88 Å². The summed E-state index contributed by atoms with van der Waals surface area (Å²) in [6.07, 6.45) is 8.47. The van der Waals surface area contributed by atoms with Gasteiger partial charge in [0.1, 0.15) is 40.6 Å². The zero-order valence-electron chi connectivity index (χ0n) is 41.6. The number of β-amino-alcohol motifs (C(OH)–C–C–N with tert-alkyl or cyclic N) is 1. The van der Waals surface area contributed by atoms with Gasteiger partial charge in [-0.3, -0.25) is 23.8 Å². The molecule has 2 fully saturated rings. The number of aliphatic imine (C=N–C) groups is 1. The maximum absolute atomic E-state index is 14.5. The van der Waals surface area contributed by atoms with Crippen molar-refractivity contribution in [3.63, 3.8) is 0 Å². The second-order valence-electron chi connectivity index (χ2n) is 19.7. The van der Waals surface area contributed by atoms with Gasteiger partial charge in [-0.25, -0.2) is 4.98 Å². The molecule has 1 saturated carbocycles. The number of hydrogen-bond donors (Lipinski definition) is 3. The van der Waals surface area contributed by atoms with Crippen LogP contribution in [0.3, 0.4) is 0 Å². The highest BCUT2D eigenvalue weighted by atomic mass is 35.5. The van der Waals surface area contributed by atoms with Gasteiger partial charge in [0.15, 0.2) is 5.82 Å². The van der Waals surface area contributed by atoms with Crippen LogP contribution in [0, 0.1) is 33.6 Å².